The van der Waals surface area contributed by atoms with Crippen molar-refractivity contribution in [2.75, 3.05) is 13.1 Å². The van der Waals surface area contributed by atoms with Crippen LogP contribution in [-0.2, 0) is 11.3 Å². The molecular formula is C20H30ClN3O2. The Morgan fingerprint density at radius 1 is 1.04 bits per heavy atom. The molecule has 2 aliphatic rings. The summed E-state index contributed by atoms with van der Waals surface area (Å²) in [5, 5.41) is 3.02. The van der Waals surface area contributed by atoms with Crippen molar-refractivity contribution in [3.63, 3.8) is 0 Å². The van der Waals surface area contributed by atoms with Gasteiger partial charge in [-0.3, -0.25) is 9.59 Å². The molecule has 5 nitrogen and oxygen atoms in total. The van der Waals surface area contributed by atoms with Gasteiger partial charge in [-0.2, -0.15) is 0 Å². The average molecular weight is 380 g/mol. The summed E-state index contributed by atoms with van der Waals surface area (Å²) in [6, 6.07) is 7.75. The Balaban J connectivity index is 0.00000243. The molecule has 1 atom stereocenters. The summed E-state index contributed by atoms with van der Waals surface area (Å²) in [7, 11) is 0. The minimum atomic E-state index is 0. The highest BCUT2D eigenvalue weighted by Gasteiger charge is 2.26. The number of piperidine rings is 1. The molecule has 26 heavy (non-hydrogen) atoms. The quantitative estimate of drug-likeness (QED) is 0.825. The summed E-state index contributed by atoms with van der Waals surface area (Å²) >= 11 is 0. The van der Waals surface area contributed by atoms with Gasteiger partial charge in [-0.15, -0.1) is 12.4 Å². The summed E-state index contributed by atoms with van der Waals surface area (Å²) in [6.45, 7) is 1.84. The Morgan fingerprint density at radius 3 is 2.35 bits per heavy atom. The zero-order chi connectivity index (χ0) is 17.6. The Hall–Kier alpha value is -1.59. The van der Waals surface area contributed by atoms with E-state index in [0.717, 1.165) is 57.1 Å². The number of likely N-dealkylation sites (tertiary alicyclic amines) is 1. The third-order valence-corrected chi connectivity index (χ3v) is 5.55. The molecule has 1 unspecified atom stereocenters. The van der Waals surface area contributed by atoms with Crippen LogP contribution >= 0.6 is 12.4 Å². The van der Waals surface area contributed by atoms with E-state index in [1.54, 1.807) is 0 Å². The molecule has 1 aliphatic carbocycles. The van der Waals surface area contributed by atoms with Gasteiger partial charge in [0.15, 0.2) is 0 Å². The molecular weight excluding hydrogens is 350 g/mol. The molecule has 3 rings (SSSR count). The highest BCUT2D eigenvalue weighted by molar-refractivity contribution is 5.94. The van der Waals surface area contributed by atoms with Gasteiger partial charge in [0.2, 0.25) is 5.91 Å². The van der Waals surface area contributed by atoms with Gasteiger partial charge in [-0.05, 0) is 49.8 Å². The molecule has 3 N–H and O–H groups in total. The SMILES string of the molecule is Cl.NCC1CCCCN1C(=O)c1ccc(CNC(=O)C2CCCC2)cc1. The molecule has 1 aromatic rings. The monoisotopic (exact) mass is 379 g/mol. The third-order valence-electron chi connectivity index (χ3n) is 5.55. The topological polar surface area (TPSA) is 75.4 Å². The van der Waals surface area contributed by atoms with E-state index in [-0.39, 0.29) is 36.2 Å². The first-order valence-electron chi connectivity index (χ1n) is 9.56. The van der Waals surface area contributed by atoms with E-state index in [4.69, 9.17) is 5.73 Å². The summed E-state index contributed by atoms with van der Waals surface area (Å²) in [6.07, 6.45) is 7.53. The lowest BCUT2D eigenvalue weighted by atomic mass is 10.0. The molecule has 0 bridgehead atoms. The predicted molar refractivity (Wildman–Crippen MR) is 105 cm³/mol. The molecule has 0 aromatic heterocycles. The number of hydrogen-bond donors (Lipinski definition) is 2. The van der Waals surface area contributed by atoms with Crippen molar-refractivity contribution < 1.29 is 9.59 Å². The second-order valence-electron chi connectivity index (χ2n) is 7.28. The van der Waals surface area contributed by atoms with Crippen LogP contribution < -0.4 is 11.1 Å². The molecule has 1 aliphatic heterocycles. The fourth-order valence-electron chi connectivity index (χ4n) is 3.97. The van der Waals surface area contributed by atoms with Crippen molar-refractivity contribution in [3.05, 3.63) is 35.4 Å². The maximum Gasteiger partial charge on any atom is 0.254 e. The predicted octanol–water partition coefficient (Wildman–Crippen LogP) is 2.87. The number of amides is 2. The maximum absolute atomic E-state index is 12.7. The van der Waals surface area contributed by atoms with E-state index in [0.29, 0.717) is 18.7 Å². The van der Waals surface area contributed by atoms with Crippen molar-refractivity contribution in [2.24, 2.45) is 11.7 Å². The van der Waals surface area contributed by atoms with Crippen molar-refractivity contribution >= 4 is 24.2 Å². The number of nitrogens with zero attached hydrogens (tertiary/aromatic N) is 1. The van der Waals surface area contributed by atoms with Crippen LogP contribution in [-0.4, -0.2) is 35.8 Å². The van der Waals surface area contributed by atoms with Gasteiger partial charge in [-0.1, -0.05) is 25.0 Å². The van der Waals surface area contributed by atoms with Crippen LogP contribution in [0.5, 0.6) is 0 Å². The van der Waals surface area contributed by atoms with Crippen LogP contribution in [0.25, 0.3) is 0 Å². The molecule has 1 heterocycles. The number of carbonyl (C=O) groups excluding carboxylic acids is 2. The number of benzene rings is 1. The fraction of sp³-hybridized carbons (Fsp3) is 0.600. The van der Waals surface area contributed by atoms with Crippen molar-refractivity contribution in [1.82, 2.24) is 10.2 Å². The zero-order valence-electron chi connectivity index (χ0n) is 15.3. The van der Waals surface area contributed by atoms with Crippen molar-refractivity contribution in [2.45, 2.75) is 57.5 Å². The van der Waals surface area contributed by atoms with E-state index in [2.05, 4.69) is 5.32 Å². The first kappa shape index (κ1) is 20.7. The molecule has 6 heteroatoms. The molecule has 2 amide bonds. The lowest BCUT2D eigenvalue weighted by Crippen LogP contribution is -2.47. The van der Waals surface area contributed by atoms with E-state index in [1.807, 2.05) is 29.2 Å². The Kier molecular flexibility index (Phi) is 7.91. The van der Waals surface area contributed by atoms with Crippen LogP contribution in [0.1, 0.15) is 60.9 Å². The Bertz CT molecular complexity index is 600. The number of carbonyl (C=O) groups is 2. The summed E-state index contributed by atoms with van der Waals surface area (Å²) in [5.74, 6) is 0.418. The summed E-state index contributed by atoms with van der Waals surface area (Å²) in [5.41, 5.74) is 7.54. The van der Waals surface area contributed by atoms with E-state index < -0.39 is 0 Å². The smallest absolute Gasteiger partial charge is 0.254 e. The number of rotatable bonds is 5. The summed E-state index contributed by atoms with van der Waals surface area (Å²) in [4.78, 5) is 26.7. The lowest BCUT2D eigenvalue weighted by Gasteiger charge is -2.35. The fourth-order valence-corrected chi connectivity index (χ4v) is 3.97. The van der Waals surface area contributed by atoms with Crippen LogP contribution in [0.2, 0.25) is 0 Å². The van der Waals surface area contributed by atoms with E-state index >= 15 is 0 Å². The highest BCUT2D eigenvalue weighted by Crippen LogP contribution is 2.24. The molecule has 1 aromatic carbocycles. The second kappa shape index (κ2) is 9.93. The lowest BCUT2D eigenvalue weighted by molar-refractivity contribution is -0.124. The molecule has 144 valence electrons. The van der Waals surface area contributed by atoms with Crippen LogP contribution in [0, 0.1) is 5.92 Å². The van der Waals surface area contributed by atoms with Crippen LogP contribution in [0.3, 0.4) is 0 Å². The number of hydrogen-bond acceptors (Lipinski definition) is 3. The highest BCUT2D eigenvalue weighted by atomic mass is 35.5. The normalized spacial score (nSPS) is 20.5. The molecule has 1 saturated carbocycles. The van der Waals surface area contributed by atoms with Crippen molar-refractivity contribution in [3.8, 4) is 0 Å². The molecule has 1 saturated heterocycles. The number of halogens is 1. The van der Waals surface area contributed by atoms with Crippen LogP contribution in [0.4, 0.5) is 0 Å². The van der Waals surface area contributed by atoms with Gasteiger partial charge in [0.25, 0.3) is 5.91 Å². The molecule has 2 fully saturated rings. The van der Waals surface area contributed by atoms with Crippen molar-refractivity contribution in [1.29, 1.82) is 0 Å². The summed E-state index contributed by atoms with van der Waals surface area (Å²) < 4.78 is 0. The third kappa shape index (κ3) is 4.98. The Morgan fingerprint density at radius 2 is 1.69 bits per heavy atom. The minimum absolute atomic E-state index is 0. The van der Waals surface area contributed by atoms with E-state index in [1.165, 1.54) is 0 Å². The zero-order valence-corrected chi connectivity index (χ0v) is 16.1. The van der Waals surface area contributed by atoms with Gasteiger partial charge < -0.3 is 16.0 Å². The standard InChI is InChI=1S/C20H29N3O2.ClH/c21-13-18-7-3-4-12-23(18)20(25)17-10-8-15(9-11-17)14-22-19(24)16-5-1-2-6-16;/h8-11,16,18H,1-7,12-14,21H2,(H,22,24);1H. The number of nitrogens with one attached hydrogen (secondary N) is 1. The maximum atomic E-state index is 12.7. The van der Waals surface area contributed by atoms with Gasteiger partial charge in [0.05, 0.1) is 0 Å². The second-order valence-corrected chi connectivity index (χ2v) is 7.28. The van der Waals surface area contributed by atoms with Gasteiger partial charge in [0, 0.05) is 37.2 Å². The largest absolute Gasteiger partial charge is 0.352 e. The van der Waals surface area contributed by atoms with Gasteiger partial charge >= 0.3 is 0 Å². The van der Waals surface area contributed by atoms with E-state index in [9.17, 15) is 9.59 Å². The molecule has 0 spiro atoms. The molecule has 0 radical (unpaired) electrons. The Labute approximate surface area is 162 Å². The average Bonchev–Trinajstić information content (AvgIpc) is 3.21. The number of nitrogens with two attached hydrogens (primary N) is 1. The van der Waals surface area contributed by atoms with Gasteiger partial charge in [-0.25, -0.2) is 0 Å². The first-order valence-corrected chi connectivity index (χ1v) is 9.56. The first-order chi connectivity index (χ1) is 12.2. The minimum Gasteiger partial charge on any atom is -0.352 e. The van der Waals surface area contributed by atoms with Crippen LogP contribution in [0.15, 0.2) is 24.3 Å². The van der Waals surface area contributed by atoms with Gasteiger partial charge in [0.1, 0.15) is 0 Å².